The number of carbonyl (C=O) groups excluding carboxylic acids is 1. The van der Waals surface area contributed by atoms with Gasteiger partial charge in [-0.2, -0.15) is 0 Å². The molecular weight excluding hydrogens is 312 g/mol. The van der Waals surface area contributed by atoms with Crippen LogP contribution in [0, 0.1) is 0 Å². The van der Waals surface area contributed by atoms with E-state index in [-0.39, 0.29) is 11.9 Å². The number of ether oxygens (including phenoxy) is 1. The minimum atomic E-state index is 0.0798. The molecule has 7 heteroatoms. The van der Waals surface area contributed by atoms with Crippen molar-refractivity contribution in [2.75, 3.05) is 26.3 Å². The fourth-order valence-corrected chi connectivity index (χ4v) is 3.46. The van der Waals surface area contributed by atoms with Crippen LogP contribution in [0.3, 0.4) is 0 Å². The minimum Gasteiger partial charge on any atom is -0.378 e. The van der Waals surface area contributed by atoms with Crippen molar-refractivity contribution in [2.45, 2.75) is 25.4 Å². The lowest BCUT2D eigenvalue weighted by Gasteiger charge is -2.34. The summed E-state index contributed by atoms with van der Waals surface area (Å²) in [6.45, 7) is 3.76. The second-order valence-electron chi connectivity index (χ2n) is 5.66. The third-order valence-corrected chi connectivity index (χ3v) is 4.84. The quantitative estimate of drug-likeness (QED) is 0.803. The van der Waals surface area contributed by atoms with Crippen molar-refractivity contribution in [1.82, 2.24) is 20.2 Å². The number of carbonyl (C=O) groups is 1. The van der Waals surface area contributed by atoms with Crippen molar-refractivity contribution in [3.05, 3.63) is 40.6 Å². The molecule has 0 aliphatic carbocycles. The number of aromatic nitrogens is 2. The molecule has 2 aromatic rings. The van der Waals surface area contributed by atoms with Gasteiger partial charge in [0, 0.05) is 55.3 Å². The van der Waals surface area contributed by atoms with Gasteiger partial charge in [0.1, 0.15) is 0 Å². The van der Waals surface area contributed by atoms with Crippen LogP contribution in [0.4, 0.5) is 0 Å². The molecule has 1 amide bonds. The Hall–Kier alpha value is -1.70. The van der Waals surface area contributed by atoms with E-state index in [1.165, 1.54) is 4.88 Å². The Morgan fingerprint density at radius 2 is 2.52 bits per heavy atom. The predicted molar refractivity (Wildman–Crippen MR) is 89.3 cm³/mol. The first-order valence-corrected chi connectivity index (χ1v) is 8.77. The highest BCUT2D eigenvalue weighted by molar-refractivity contribution is 7.09. The van der Waals surface area contributed by atoms with E-state index in [0.29, 0.717) is 19.6 Å². The molecule has 1 atom stereocenters. The number of aromatic amines is 1. The van der Waals surface area contributed by atoms with Crippen LogP contribution < -0.4 is 5.32 Å². The number of hydrogen-bond acceptors (Lipinski definition) is 5. The summed E-state index contributed by atoms with van der Waals surface area (Å²) >= 11 is 1.76. The van der Waals surface area contributed by atoms with Gasteiger partial charge in [-0.3, -0.25) is 9.69 Å². The SMILES string of the molecule is O=C(CC1COCCN1Cc1cccs1)NCCc1cnc[nH]1. The molecule has 1 saturated heterocycles. The topological polar surface area (TPSA) is 70.2 Å². The first kappa shape index (κ1) is 16.2. The first-order valence-electron chi connectivity index (χ1n) is 7.89. The number of nitrogens with zero attached hydrogens (tertiary/aromatic N) is 2. The lowest BCUT2D eigenvalue weighted by molar-refractivity contribution is -0.124. The van der Waals surface area contributed by atoms with Crippen LogP contribution in [0.2, 0.25) is 0 Å². The van der Waals surface area contributed by atoms with E-state index in [4.69, 9.17) is 4.74 Å². The van der Waals surface area contributed by atoms with Gasteiger partial charge in [0.15, 0.2) is 0 Å². The Kier molecular flexibility index (Phi) is 5.79. The zero-order chi connectivity index (χ0) is 15.9. The summed E-state index contributed by atoms with van der Waals surface area (Å²) in [5, 5.41) is 5.07. The number of H-pyrrole nitrogens is 1. The number of nitrogens with one attached hydrogen (secondary N) is 2. The largest absolute Gasteiger partial charge is 0.378 e. The molecule has 1 aliphatic rings. The van der Waals surface area contributed by atoms with Crippen LogP contribution in [-0.4, -0.2) is 53.1 Å². The van der Waals surface area contributed by atoms with Gasteiger partial charge in [0.2, 0.25) is 5.91 Å². The van der Waals surface area contributed by atoms with Crippen LogP contribution in [-0.2, 0) is 22.5 Å². The second kappa shape index (κ2) is 8.24. The molecule has 3 heterocycles. The van der Waals surface area contributed by atoms with Crippen molar-refractivity contribution < 1.29 is 9.53 Å². The van der Waals surface area contributed by atoms with Crippen LogP contribution in [0.15, 0.2) is 30.0 Å². The summed E-state index contributed by atoms with van der Waals surface area (Å²) in [5.74, 6) is 0.0798. The Morgan fingerprint density at radius 3 is 3.30 bits per heavy atom. The van der Waals surface area contributed by atoms with Gasteiger partial charge >= 0.3 is 0 Å². The van der Waals surface area contributed by atoms with E-state index in [1.807, 2.05) is 0 Å². The van der Waals surface area contributed by atoms with Crippen LogP contribution >= 0.6 is 11.3 Å². The lowest BCUT2D eigenvalue weighted by Crippen LogP contribution is -2.47. The molecule has 1 fully saturated rings. The molecular formula is C16H22N4O2S. The summed E-state index contributed by atoms with van der Waals surface area (Å²) < 4.78 is 5.56. The van der Waals surface area contributed by atoms with Crippen molar-refractivity contribution in [3.8, 4) is 0 Å². The van der Waals surface area contributed by atoms with Crippen LogP contribution in [0.25, 0.3) is 0 Å². The van der Waals surface area contributed by atoms with E-state index in [1.54, 1.807) is 23.9 Å². The zero-order valence-electron chi connectivity index (χ0n) is 13.0. The highest BCUT2D eigenvalue weighted by Crippen LogP contribution is 2.17. The molecule has 3 rings (SSSR count). The number of imidazole rings is 1. The Labute approximate surface area is 139 Å². The van der Waals surface area contributed by atoms with Crippen molar-refractivity contribution in [3.63, 3.8) is 0 Å². The zero-order valence-corrected chi connectivity index (χ0v) is 13.8. The summed E-state index contributed by atoms with van der Waals surface area (Å²) in [6, 6.07) is 4.36. The van der Waals surface area contributed by atoms with Crippen LogP contribution in [0.5, 0.6) is 0 Å². The summed E-state index contributed by atoms with van der Waals surface area (Å²) in [4.78, 5) is 22.9. The maximum atomic E-state index is 12.2. The first-order chi connectivity index (χ1) is 11.3. The molecule has 124 valence electrons. The number of hydrogen-bond donors (Lipinski definition) is 2. The van der Waals surface area contributed by atoms with Gasteiger partial charge < -0.3 is 15.0 Å². The molecule has 0 spiro atoms. The number of amides is 1. The molecule has 2 aromatic heterocycles. The molecule has 23 heavy (non-hydrogen) atoms. The van der Waals surface area contributed by atoms with Gasteiger partial charge in [-0.15, -0.1) is 11.3 Å². The fourth-order valence-electron chi connectivity index (χ4n) is 2.73. The van der Waals surface area contributed by atoms with Crippen molar-refractivity contribution in [1.29, 1.82) is 0 Å². The highest BCUT2D eigenvalue weighted by Gasteiger charge is 2.25. The third kappa shape index (κ3) is 4.89. The fraction of sp³-hybridized carbons (Fsp3) is 0.500. The summed E-state index contributed by atoms with van der Waals surface area (Å²) in [5.41, 5.74) is 1.03. The minimum absolute atomic E-state index is 0.0798. The maximum Gasteiger partial charge on any atom is 0.221 e. The van der Waals surface area contributed by atoms with E-state index in [0.717, 1.165) is 31.8 Å². The van der Waals surface area contributed by atoms with Gasteiger partial charge in [0.05, 0.1) is 19.5 Å². The van der Waals surface area contributed by atoms with E-state index in [2.05, 4.69) is 37.7 Å². The number of rotatable bonds is 7. The van der Waals surface area contributed by atoms with E-state index in [9.17, 15) is 4.79 Å². The maximum absolute atomic E-state index is 12.2. The highest BCUT2D eigenvalue weighted by atomic mass is 32.1. The van der Waals surface area contributed by atoms with E-state index < -0.39 is 0 Å². The predicted octanol–water partition coefficient (Wildman–Crippen LogP) is 1.42. The summed E-state index contributed by atoms with van der Waals surface area (Å²) in [6.07, 6.45) is 4.68. The third-order valence-electron chi connectivity index (χ3n) is 3.98. The smallest absolute Gasteiger partial charge is 0.221 e. The van der Waals surface area contributed by atoms with Crippen LogP contribution in [0.1, 0.15) is 17.0 Å². The number of morpholine rings is 1. The monoisotopic (exact) mass is 334 g/mol. The Balaban J connectivity index is 1.45. The molecule has 0 saturated carbocycles. The van der Waals surface area contributed by atoms with Crippen molar-refractivity contribution >= 4 is 17.2 Å². The Bertz CT molecular complexity index is 585. The Morgan fingerprint density at radius 1 is 1.57 bits per heavy atom. The van der Waals surface area contributed by atoms with Crippen molar-refractivity contribution in [2.24, 2.45) is 0 Å². The average Bonchev–Trinajstić information content (AvgIpc) is 3.23. The van der Waals surface area contributed by atoms with Gasteiger partial charge in [0.25, 0.3) is 0 Å². The molecule has 1 unspecified atom stereocenters. The van der Waals surface area contributed by atoms with Gasteiger partial charge in [-0.25, -0.2) is 4.98 Å². The molecule has 0 aromatic carbocycles. The van der Waals surface area contributed by atoms with Gasteiger partial charge in [-0.1, -0.05) is 6.07 Å². The number of thiophene rings is 1. The van der Waals surface area contributed by atoms with E-state index >= 15 is 0 Å². The molecule has 1 aliphatic heterocycles. The molecule has 0 bridgehead atoms. The normalized spacial score (nSPS) is 18.9. The average molecular weight is 334 g/mol. The standard InChI is InChI=1S/C16H22N4O2S/c21-16(18-4-3-13-9-17-12-19-13)8-14-11-22-6-5-20(14)10-15-2-1-7-23-15/h1-2,7,9,12,14H,3-6,8,10-11H2,(H,17,19)(H,18,21). The molecule has 0 radical (unpaired) electrons. The molecule has 6 nitrogen and oxygen atoms in total. The summed E-state index contributed by atoms with van der Waals surface area (Å²) in [7, 11) is 0. The second-order valence-corrected chi connectivity index (χ2v) is 6.69. The molecule has 2 N–H and O–H groups in total. The lowest BCUT2D eigenvalue weighted by atomic mass is 10.1. The van der Waals surface area contributed by atoms with Gasteiger partial charge in [-0.05, 0) is 11.4 Å².